The molecule has 0 spiro atoms. The molecule has 0 bridgehead atoms. The number of thiocarbonyl (C=S) groups is 1. The fourth-order valence-corrected chi connectivity index (χ4v) is 4.63. The minimum absolute atomic E-state index is 0.144. The van der Waals surface area contributed by atoms with Crippen LogP contribution in [0.3, 0.4) is 0 Å². The molecule has 2 aromatic carbocycles. The second kappa shape index (κ2) is 11.5. The molecule has 2 unspecified atom stereocenters. The maximum atomic E-state index is 12.6. The average molecular weight is 476 g/mol. The van der Waals surface area contributed by atoms with E-state index >= 15 is 0 Å². The monoisotopic (exact) mass is 475 g/mol. The van der Waals surface area contributed by atoms with Crippen molar-refractivity contribution in [1.82, 2.24) is 10.0 Å². The Morgan fingerprint density at radius 1 is 0.969 bits per heavy atom. The van der Waals surface area contributed by atoms with Crippen LogP contribution in [-0.4, -0.2) is 25.5 Å². The number of amides is 1. The summed E-state index contributed by atoms with van der Waals surface area (Å²) in [6, 6.07) is 14.1. The van der Waals surface area contributed by atoms with Gasteiger partial charge in [-0.05, 0) is 80.2 Å². The Hall–Kier alpha value is -2.29. The highest BCUT2D eigenvalue weighted by Crippen LogP contribution is 2.18. The highest BCUT2D eigenvalue weighted by Gasteiger charge is 2.18. The van der Waals surface area contributed by atoms with Crippen LogP contribution in [0, 0.1) is 5.92 Å². The molecule has 2 aromatic rings. The molecule has 0 aromatic heterocycles. The molecule has 2 rings (SSSR count). The number of anilines is 1. The fourth-order valence-electron chi connectivity index (χ4n) is 3.08. The number of hydrogen-bond donors (Lipinski definition) is 3. The number of sulfonamides is 1. The zero-order valence-electron chi connectivity index (χ0n) is 19.3. The van der Waals surface area contributed by atoms with Gasteiger partial charge in [0.15, 0.2) is 5.11 Å². The first kappa shape index (κ1) is 26.0. The Morgan fingerprint density at radius 2 is 1.56 bits per heavy atom. The molecule has 0 aliphatic rings. The van der Waals surface area contributed by atoms with Gasteiger partial charge in [0, 0.05) is 11.7 Å². The second-order valence-corrected chi connectivity index (χ2v) is 10.6. The van der Waals surface area contributed by atoms with Gasteiger partial charge in [-0.25, -0.2) is 13.1 Å². The van der Waals surface area contributed by atoms with Crippen LogP contribution in [0.15, 0.2) is 53.4 Å². The largest absolute Gasteiger partial charge is 0.332 e. The van der Waals surface area contributed by atoms with Crippen molar-refractivity contribution >= 4 is 38.9 Å². The summed E-state index contributed by atoms with van der Waals surface area (Å²) in [5.41, 5.74) is 2.75. The van der Waals surface area contributed by atoms with Crippen LogP contribution in [0.5, 0.6) is 0 Å². The summed E-state index contributed by atoms with van der Waals surface area (Å²) in [6.07, 6.45) is 1.70. The van der Waals surface area contributed by atoms with Gasteiger partial charge in [-0.1, -0.05) is 45.0 Å². The van der Waals surface area contributed by atoms with Crippen molar-refractivity contribution in [3.63, 3.8) is 0 Å². The maximum Gasteiger partial charge on any atom is 0.240 e. The molecule has 1 amide bonds. The van der Waals surface area contributed by atoms with E-state index in [9.17, 15) is 13.2 Å². The molecule has 32 heavy (non-hydrogen) atoms. The normalized spacial score (nSPS) is 13.4. The van der Waals surface area contributed by atoms with Gasteiger partial charge in [-0.15, -0.1) is 0 Å². The summed E-state index contributed by atoms with van der Waals surface area (Å²) in [4.78, 5) is 12.8. The van der Waals surface area contributed by atoms with Gasteiger partial charge in [0.1, 0.15) is 0 Å². The molecule has 0 heterocycles. The fraction of sp³-hybridized carbons (Fsp3) is 0.417. The Kier molecular flexibility index (Phi) is 9.36. The first-order valence-electron chi connectivity index (χ1n) is 10.8. The van der Waals surface area contributed by atoms with Crippen molar-refractivity contribution in [1.29, 1.82) is 0 Å². The van der Waals surface area contributed by atoms with E-state index < -0.39 is 10.0 Å². The molecule has 0 aliphatic carbocycles. The van der Waals surface area contributed by atoms with Gasteiger partial charge in [0.25, 0.3) is 0 Å². The summed E-state index contributed by atoms with van der Waals surface area (Å²) in [5, 5.41) is 5.79. The number of carbonyl (C=O) groups excluding carboxylic acids is 1. The van der Waals surface area contributed by atoms with Crippen LogP contribution in [0.4, 0.5) is 5.69 Å². The van der Waals surface area contributed by atoms with Crippen LogP contribution < -0.4 is 15.4 Å². The number of nitrogens with one attached hydrogen (secondary N) is 3. The van der Waals surface area contributed by atoms with E-state index in [4.69, 9.17) is 12.2 Å². The predicted octanol–water partition coefficient (Wildman–Crippen LogP) is 4.58. The number of benzene rings is 2. The van der Waals surface area contributed by atoms with Crippen molar-refractivity contribution in [2.75, 3.05) is 5.32 Å². The molecular weight excluding hydrogens is 442 g/mol. The molecule has 0 saturated heterocycles. The topological polar surface area (TPSA) is 87.3 Å². The van der Waals surface area contributed by atoms with Crippen LogP contribution in [0.25, 0.3) is 0 Å². The van der Waals surface area contributed by atoms with E-state index in [0.29, 0.717) is 18.0 Å². The molecule has 174 valence electrons. The van der Waals surface area contributed by atoms with Crippen molar-refractivity contribution in [3.05, 3.63) is 59.7 Å². The molecule has 8 heteroatoms. The molecule has 3 N–H and O–H groups in total. The summed E-state index contributed by atoms with van der Waals surface area (Å²) in [7, 11) is -3.57. The van der Waals surface area contributed by atoms with E-state index in [1.807, 2.05) is 32.9 Å². The van der Waals surface area contributed by atoms with Gasteiger partial charge < -0.3 is 10.6 Å². The molecule has 0 saturated carbocycles. The maximum absolute atomic E-state index is 12.6. The third kappa shape index (κ3) is 7.69. The van der Waals surface area contributed by atoms with E-state index in [1.165, 1.54) is 17.7 Å². The van der Waals surface area contributed by atoms with Gasteiger partial charge in [-0.2, -0.15) is 0 Å². The lowest BCUT2D eigenvalue weighted by molar-refractivity contribution is -0.120. The van der Waals surface area contributed by atoms with Crippen molar-refractivity contribution in [3.8, 4) is 0 Å². The predicted molar refractivity (Wildman–Crippen MR) is 134 cm³/mol. The van der Waals surface area contributed by atoms with E-state index in [-0.39, 0.29) is 27.9 Å². The third-order valence-electron chi connectivity index (χ3n) is 5.14. The lowest BCUT2D eigenvalue weighted by Gasteiger charge is -2.15. The summed E-state index contributed by atoms with van der Waals surface area (Å²) in [5.74, 6) is 0.00779. The SMILES string of the molecule is CCC(C)NS(=O)(=O)c1ccc(NC(=S)NC(=O)C(C)c2ccc(CC(C)C)cc2)cc1. The molecule has 6 nitrogen and oxygen atoms in total. The number of hydrogen-bond acceptors (Lipinski definition) is 4. The van der Waals surface area contributed by atoms with E-state index in [2.05, 4.69) is 41.3 Å². The van der Waals surface area contributed by atoms with Crippen molar-refractivity contribution in [2.45, 2.75) is 64.3 Å². The number of rotatable bonds is 9. The van der Waals surface area contributed by atoms with Crippen LogP contribution in [-0.2, 0) is 21.2 Å². The summed E-state index contributed by atoms with van der Waals surface area (Å²) < 4.78 is 27.3. The molecule has 0 aliphatic heterocycles. The smallest absolute Gasteiger partial charge is 0.240 e. The van der Waals surface area contributed by atoms with Gasteiger partial charge in [-0.3, -0.25) is 4.79 Å². The van der Waals surface area contributed by atoms with E-state index in [0.717, 1.165) is 12.0 Å². The Morgan fingerprint density at radius 3 is 2.09 bits per heavy atom. The zero-order valence-corrected chi connectivity index (χ0v) is 20.9. The molecule has 0 radical (unpaired) electrons. The Bertz CT molecular complexity index is 1020. The standard InChI is InChI=1S/C24H33N3O3S2/c1-6-17(4)27-32(29,30)22-13-11-21(12-14-22)25-24(31)26-23(28)18(5)20-9-7-19(8-10-20)15-16(2)3/h7-14,16-18,27H,6,15H2,1-5H3,(H2,25,26,28,31). The van der Waals surface area contributed by atoms with E-state index in [1.54, 1.807) is 12.1 Å². The first-order chi connectivity index (χ1) is 15.0. The van der Waals surface area contributed by atoms with Crippen molar-refractivity contribution < 1.29 is 13.2 Å². The lowest BCUT2D eigenvalue weighted by atomic mass is 9.96. The Labute approximate surface area is 197 Å². The number of carbonyl (C=O) groups is 1. The second-order valence-electron chi connectivity index (χ2n) is 8.46. The third-order valence-corrected chi connectivity index (χ3v) is 6.95. The highest BCUT2D eigenvalue weighted by molar-refractivity contribution is 7.89. The molecular formula is C24H33N3O3S2. The van der Waals surface area contributed by atoms with Gasteiger partial charge in [0.05, 0.1) is 10.8 Å². The minimum atomic E-state index is -3.57. The summed E-state index contributed by atoms with van der Waals surface area (Å²) >= 11 is 5.26. The zero-order chi connectivity index (χ0) is 23.9. The molecule has 2 atom stereocenters. The Balaban J connectivity index is 1.94. The highest BCUT2D eigenvalue weighted by atomic mass is 32.2. The lowest BCUT2D eigenvalue weighted by Crippen LogP contribution is -2.36. The van der Waals surface area contributed by atoms with Crippen molar-refractivity contribution in [2.24, 2.45) is 5.92 Å². The van der Waals surface area contributed by atoms with Crippen LogP contribution in [0.1, 0.15) is 58.1 Å². The molecule has 0 fully saturated rings. The minimum Gasteiger partial charge on any atom is -0.332 e. The average Bonchev–Trinajstić information content (AvgIpc) is 2.73. The van der Waals surface area contributed by atoms with Crippen LogP contribution in [0.2, 0.25) is 0 Å². The first-order valence-corrected chi connectivity index (χ1v) is 12.7. The van der Waals surface area contributed by atoms with Gasteiger partial charge in [0.2, 0.25) is 15.9 Å². The quantitative estimate of drug-likeness (QED) is 0.462. The van der Waals surface area contributed by atoms with Crippen LogP contribution >= 0.6 is 12.2 Å². The van der Waals surface area contributed by atoms with Gasteiger partial charge >= 0.3 is 0 Å². The summed E-state index contributed by atoms with van der Waals surface area (Å²) in [6.45, 7) is 9.91.